The van der Waals surface area contributed by atoms with Crippen LogP contribution in [0.1, 0.15) is 26.1 Å². The molecule has 16 heavy (non-hydrogen) atoms. The van der Waals surface area contributed by atoms with E-state index in [4.69, 9.17) is 16.7 Å². The molecule has 0 aliphatic heterocycles. The number of hydrogen-bond donors (Lipinski definition) is 1. The van der Waals surface area contributed by atoms with Crippen LogP contribution in [0.4, 0.5) is 0 Å². The molecule has 1 N–H and O–H groups in total. The second-order valence-electron chi connectivity index (χ2n) is 4.20. The van der Waals surface area contributed by atoms with E-state index in [1.165, 1.54) is 0 Å². The van der Waals surface area contributed by atoms with Gasteiger partial charge in [-0.2, -0.15) is 0 Å². The lowest BCUT2D eigenvalue weighted by Gasteiger charge is -2.25. The fourth-order valence-electron chi connectivity index (χ4n) is 1.55. The highest BCUT2D eigenvalue weighted by atomic mass is 35.5. The zero-order valence-electron chi connectivity index (χ0n) is 10.1. The summed E-state index contributed by atoms with van der Waals surface area (Å²) in [7, 11) is 1.91. The van der Waals surface area contributed by atoms with Crippen LogP contribution in [0.2, 0.25) is 5.15 Å². The first kappa shape index (κ1) is 13.5. The summed E-state index contributed by atoms with van der Waals surface area (Å²) in [4.78, 5) is 6.55. The monoisotopic (exact) mass is 245 g/mol. The highest BCUT2D eigenvalue weighted by molar-refractivity contribution is 6.29. The van der Waals surface area contributed by atoms with E-state index >= 15 is 0 Å². The molecule has 0 aliphatic rings. The van der Waals surface area contributed by atoms with Crippen molar-refractivity contribution in [3.8, 4) is 0 Å². The summed E-state index contributed by atoms with van der Waals surface area (Å²) in [6, 6.07) is 0.432. The summed E-state index contributed by atoms with van der Waals surface area (Å²) in [5.41, 5.74) is 0. The molecular formula is C11H20ClN3O. The van der Waals surface area contributed by atoms with Crippen LogP contribution in [0.25, 0.3) is 0 Å². The van der Waals surface area contributed by atoms with Crippen LogP contribution >= 0.6 is 11.6 Å². The highest BCUT2D eigenvalue weighted by Gasteiger charge is 2.13. The van der Waals surface area contributed by atoms with Crippen molar-refractivity contribution in [3.63, 3.8) is 0 Å². The van der Waals surface area contributed by atoms with Crippen molar-refractivity contribution in [2.45, 2.75) is 32.9 Å². The molecule has 0 spiro atoms. The van der Waals surface area contributed by atoms with Gasteiger partial charge in [0.25, 0.3) is 0 Å². The second-order valence-corrected chi connectivity index (χ2v) is 4.58. The molecule has 1 aromatic rings. The van der Waals surface area contributed by atoms with Gasteiger partial charge in [0.05, 0.1) is 12.7 Å². The van der Waals surface area contributed by atoms with Gasteiger partial charge >= 0.3 is 0 Å². The van der Waals surface area contributed by atoms with Crippen LogP contribution in [0, 0.1) is 0 Å². The molecule has 1 heterocycles. The molecule has 0 fully saturated rings. The number of nitrogens with zero attached hydrogens (tertiary/aromatic N) is 3. The number of aromatic nitrogens is 2. The Labute approximate surface area is 102 Å². The molecule has 0 aliphatic carbocycles. The molecule has 92 valence electrons. The predicted molar refractivity (Wildman–Crippen MR) is 65.5 cm³/mol. The van der Waals surface area contributed by atoms with E-state index in [1.54, 1.807) is 6.20 Å². The maximum atomic E-state index is 8.85. The molecule has 0 saturated heterocycles. The molecule has 0 unspecified atom stereocenters. The Morgan fingerprint density at radius 3 is 2.69 bits per heavy atom. The third-order valence-corrected chi connectivity index (χ3v) is 3.06. The average Bonchev–Trinajstić information content (AvgIpc) is 2.55. The van der Waals surface area contributed by atoms with E-state index in [2.05, 4.69) is 23.7 Å². The Morgan fingerprint density at radius 2 is 2.25 bits per heavy atom. The summed E-state index contributed by atoms with van der Waals surface area (Å²) in [5.74, 6) is 0.955. The van der Waals surface area contributed by atoms with Crippen LogP contribution in [0.5, 0.6) is 0 Å². The molecule has 0 atom stereocenters. The average molecular weight is 246 g/mol. The lowest BCUT2D eigenvalue weighted by Crippen LogP contribution is -2.32. The van der Waals surface area contributed by atoms with Gasteiger partial charge in [0, 0.05) is 26.2 Å². The van der Waals surface area contributed by atoms with Crippen LogP contribution in [-0.2, 0) is 13.6 Å². The van der Waals surface area contributed by atoms with E-state index in [-0.39, 0.29) is 6.61 Å². The topological polar surface area (TPSA) is 41.3 Å². The summed E-state index contributed by atoms with van der Waals surface area (Å²) < 4.78 is 1.88. The van der Waals surface area contributed by atoms with E-state index in [0.29, 0.717) is 11.2 Å². The minimum absolute atomic E-state index is 0.227. The molecule has 0 radical (unpaired) electrons. The summed E-state index contributed by atoms with van der Waals surface area (Å²) in [6.45, 7) is 6.15. The Bertz CT molecular complexity index is 325. The van der Waals surface area contributed by atoms with Gasteiger partial charge in [0.1, 0.15) is 11.0 Å². The van der Waals surface area contributed by atoms with Crippen molar-refractivity contribution in [2.75, 3.05) is 13.2 Å². The second kappa shape index (κ2) is 6.23. The number of aliphatic hydroxyl groups is 1. The van der Waals surface area contributed by atoms with Crippen molar-refractivity contribution >= 4 is 11.6 Å². The third-order valence-electron chi connectivity index (χ3n) is 2.71. The van der Waals surface area contributed by atoms with Crippen molar-refractivity contribution in [1.82, 2.24) is 14.5 Å². The lowest BCUT2D eigenvalue weighted by molar-refractivity contribution is 0.180. The SMILES string of the molecule is CC(C)N(CCCO)Cc1ncc(Cl)n1C. The van der Waals surface area contributed by atoms with Crippen molar-refractivity contribution < 1.29 is 5.11 Å². The fraction of sp³-hybridized carbons (Fsp3) is 0.727. The number of hydrogen-bond acceptors (Lipinski definition) is 3. The number of halogens is 1. The molecular weight excluding hydrogens is 226 g/mol. The van der Waals surface area contributed by atoms with Crippen molar-refractivity contribution in [1.29, 1.82) is 0 Å². The smallest absolute Gasteiger partial charge is 0.128 e. The maximum absolute atomic E-state index is 8.85. The summed E-state index contributed by atoms with van der Waals surface area (Å²) in [6.07, 6.45) is 2.46. The molecule has 1 aromatic heterocycles. The first-order chi connectivity index (χ1) is 7.56. The Morgan fingerprint density at radius 1 is 1.56 bits per heavy atom. The molecule has 5 heteroatoms. The van der Waals surface area contributed by atoms with Crippen LogP contribution in [0.15, 0.2) is 6.20 Å². The zero-order chi connectivity index (χ0) is 12.1. The van der Waals surface area contributed by atoms with Crippen molar-refractivity contribution in [2.24, 2.45) is 7.05 Å². The van der Waals surface area contributed by atoms with Gasteiger partial charge in [-0.05, 0) is 20.3 Å². The maximum Gasteiger partial charge on any atom is 0.128 e. The van der Waals surface area contributed by atoms with Gasteiger partial charge < -0.3 is 9.67 Å². The number of aliphatic hydroxyl groups excluding tert-OH is 1. The van der Waals surface area contributed by atoms with E-state index < -0.39 is 0 Å². The van der Waals surface area contributed by atoms with E-state index in [9.17, 15) is 0 Å². The van der Waals surface area contributed by atoms with Gasteiger partial charge in [0.15, 0.2) is 0 Å². The largest absolute Gasteiger partial charge is 0.396 e. The third kappa shape index (κ3) is 3.47. The van der Waals surface area contributed by atoms with Gasteiger partial charge in [0.2, 0.25) is 0 Å². The molecule has 0 bridgehead atoms. The molecule has 4 nitrogen and oxygen atoms in total. The molecule has 0 amide bonds. The minimum Gasteiger partial charge on any atom is -0.396 e. The lowest BCUT2D eigenvalue weighted by atomic mass is 10.3. The van der Waals surface area contributed by atoms with Crippen LogP contribution in [0.3, 0.4) is 0 Å². The van der Waals surface area contributed by atoms with Crippen LogP contribution < -0.4 is 0 Å². The van der Waals surface area contributed by atoms with Gasteiger partial charge in [-0.25, -0.2) is 4.98 Å². The molecule has 0 saturated carbocycles. The van der Waals surface area contributed by atoms with E-state index in [0.717, 1.165) is 25.3 Å². The Kier molecular flexibility index (Phi) is 5.25. The van der Waals surface area contributed by atoms with E-state index in [1.807, 2.05) is 11.6 Å². The molecule has 1 rings (SSSR count). The Balaban J connectivity index is 2.64. The standard InChI is InChI=1S/C11H20ClN3O/c1-9(2)15(5-4-6-16)8-11-13-7-10(12)14(11)3/h7,9,16H,4-6,8H2,1-3H3. The normalized spacial score (nSPS) is 11.7. The zero-order valence-corrected chi connectivity index (χ0v) is 10.9. The highest BCUT2D eigenvalue weighted by Crippen LogP contribution is 2.12. The number of imidazole rings is 1. The van der Waals surface area contributed by atoms with Crippen LogP contribution in [-0.4, -0.2) is 38.8 Å². The summed E-state index contributed by atoms with van der Waals surface area (Å²) >= 11 is 5.94. The first-order valence-corrected chi connectivity index (χ1v) is 5.95. The quantitative estimate of drug-likeness (QED) is 0.829. The van der Waals surface area contributed by atoms with Crippen molar-refractivity contribution in [3.05, 3.63) is 17.2 Å². The molecule has 0 aromatic carbocycles. The van der Waals surface area contributed by atoms with Gasteiger partial charge in [-0.3, -0.25) is 4.90 Å². The first-order valence-electron chi connectivity index (χ1n) is 5.57. The van der Waals surface area contributed by atoms with Gasteiger partial charge in [-0.1, -0.05) is 11.6 Å². The summed E-state index contributed by atoms with van der Waals surface area (Å²) in [5, 5.41) is 9.51. The Hall–Kier alpha value is -0.580. The number of rotatable bonds is 6. The minimum atomic E-state index is 0.227. The predicted octanol–water partition coefficient (Wildman–Crippen LogP) is 1.67. The van der Waals surface area contributed by atoms with Gasteiger partial charge in [-0.15, -0.1) is 0 Å². The fourth-order valence-corrected chi connectivity index (χ4v) is 1.69.